The topological polar surface area (TPSA) is 86.9 Å². The molecule has 3 aromatic rings. The Labute approximate surface area is 174 Å². The van der Waals surface area contributed by atoms with Crippen LogP contribution in [0.4, 0.5) is 4.39 Å². The molecule has 0 fully saturated rings. The summed E-state index contributed by atoms with van der Waals surface area (Å²) in [5.41, 5.74) is 1.74. The van der Waals surface area contributed by atoms with Gasteiger partial charge in [0.25, 0.3) is 5.91 Å². The molecule has 1 heterocycles. The van der Waals surface area contributed by atoms with Gasteiger partial charge in [-0.05, 0) is 30.5 Å². The van der Waals surface area contributed by atoms with Crippen LogP contribution in [0.3, 0.4) is 0 Å². The third-order valence-corrected chi connectivity index (χ3v) is 4.80. The number of carbonyl (C=O) groups excluding carboxylic acids is 2. The first-order valence-electron chi connectivity index (χ1n) is 9.83. The molecule has 0 saturated carbocycles. The van der Waals surface area contributed by atoms with Crippen LogP contribution < -0.4 is 10.6 Å². The molecule has 1 aromatic heterocycles. The van der Waals surface area contributed by atoms with E-state index in [1.54, 1.807) is 12.3 Å². The molecule has 30 heavy (non-hydrogen) atoms. The zero-order chi connectivity index (χ0) is 21.7. The fourth-order valence-corrected chi connectivity index (χ4v) is 3.09. The first-order valence-corrected chi connectivity index (χ1v) is 9.83. The second-order valence-corrected chi connectivity index (χ2v) is 7.45. The van der Waals surface area contributed by atoms with Gasteiger partial charge in [-0.3, -0.25) is 9.59 Å². The smallest absolute Gasteiger partial charge is 0.254 e. The van der Waals surface area contributed by atoms with Crippen molar-refractivity contribution in [3.8, 4) is 11.3 Å². The number of hydrogen-bond donors (Lipinski definition) is 3. The van der Waals surface area contributed by atoms with Crippen LogP contribution in [0.2, 0.25) is 0 Å². The molecule has 2 unspecified atom stereocenters. The summed E-state index contributed by atoms with van der Waals surface area (Å²) in [5.74, 6) is -1.20. The highest BCUT2D eigenvalue weighted by molar-refractivity contribution is 5.97. The van der Waals surface area contributed by atoms with Crippen molar-refractivity contribution in [2.45, 2.75) is 32.9 Å². The van der Waals surface area contributed by atoms with E-state index < -0.39 is 23.8 Å². The van der Waals surface area contributed by atoms with Gasteiger partial charge >= 0.3 is 0 Å². The third-order valence-electron chi connectivity index (χ3n) is 4.80. The Kier molecular flexibility index (Phi) is 6.61. The van der Waals surface area contributed by atoms with E-state index in [9.17, 15) is 14.0 Å². The van der Waals surface area contributed by atoms with Crippen LogP contribution in [-0.2, 0) is 4.79 Å². The van der Waals surface area contributed by atoms with Crippen LogP contribution in [0.25, 0.3) is 11.3 Å². The molecule has 2 amide bonds. The van der Waals surface area contributed by atoms with E-state index in [4.69, 9.17) is 0 Å². The molecular formula is C23H25FN4O2. The predicted octanol–water partition coefficient (Wildman–Crippen LogP) is 3.85. The van der Waals surface area contributed by atoms with E-state index in [1.165, 1.54) is 18.2 Å². The molecule has 0 bridgehead atoms. The Morgan fingerprint density at radius 1 is 0.967 bits per heavy atom. The average Bonchev–Trinajstić information content (AvgIpc) is 3.23. The average molecular weight is 408 g/mol. The monoisotopic (exact) mass is 408 g/mol. The summed E-state index contributed by atoms with van der Waals surface area (Å²) < 4.78 is 13.9. The minimum atomic E-state index is -0.817. The number of aromatic amines is 1. The SMILES string of the molecule is CC(NC(=O)C(NC(=O)c1ccccc1F)C(C)C)c1ncc(-c2ccccc2)[nH]1. The van der Waals surface area contributed by atoms with Crippen LogP contribution in [0.5, 0.6) is 0 Å². The van der Waals surface area contributed by atoms with Crippen molar-refractivity contribution < 1.29 is 14.0 Å². The van der Waals surface area contributed by atoms with Gasteiger partial charge in [0, 0.05) is 0 Å². The number of imidazole rings is 1. The van der Waals surface area contributed by atoms with Crippen molar-refractivity contribution in [1.82, 2.24) is 20.6 Å². The molecule has 2 atom stereocenters. The highest BCUT2D eigenvalue weighted by atomic mass is 19.1. The molecule has 3 N–H and O–H groups in total. The van der Waals surface area contributed by atoms with E-state index in [-0.39, 0.29) is 17.4 Å². The normalized spacial score (nSPS) is 13.0. The van der Waals surface area contributed by atoms with Crippen LogP contribution in [-0.4, -0.2) is 27.8 Å². The molecule has 3 rings (SSSR count). The lowest BCUT2D eigenvalue weighted by atomic mass is 10.0. The summed E-state index contributed by atoms with van der Waals surface area (Å²) in [6.07, 6.45) is 1.72. The van der Waals surface area contributed by atoms with Gasteiger partial charge in [0.2, 0.25) is 5.91 Å². The van der Waals surface area contributed by atoms with E-state index in [1.807, 2.05) is 51.1 Å². The fraction of sp³-hybridized carbons (Fsp3) is 0.261. The van der Waals surface area contributed by atoms with Crippen molar-refractivity contribution in [1.29, 1.82) is 0 Å². The number of nitrogens with zero attached hydrogens (tertiary/aromatic N) is 1. The van der Waals surface area contributed by atoms with Gasteiger partial charge in [-0.2, -0.15) is 0 Å². The minimum absolute atomic E-state index is 0.0949. The number of aromatic nitrogens is 2. The van der Waals surface area contributed by atoms with Crippen molar-refractivity contribution in [3.63, 3.8) is 0 Å². The summed E-state index contributed by atoms with van der Waals surface area (Å²) in [6, 6.07) is 14.2. The first-order chi connectivity index (χ1) is 14.4. The molecule has 0 radical (unpaired) electrons. The Balaban J connectivity index is 1.68. The van der Waals surface area contributed by atoms with E-state index in [0.29, 0.717) is 5.82 Å². The quantitative estimate of drug-likeness (QED) is 0.555. The number of H-pyrrole nitrogens is 1. The van der Waals surface area contributed by atoms with Gasteiger partial charge < -0.3 is 15.6 Å². The maximum absolute atomic E-state index is 13.9. The maximum Gasteiger partial charge on any atom is 0.254 e. The Morgan fingerprint density at radius 2 is 1.63 bits per heavy atom. The fourth-order valence-electron chi connectivity index (χ4n) is 3.09. The van der Waals surface area contributed by atoms with E-state index >= 15 is 0 Å². The Hall–Kier alpha value is -3.48. The first kappa shape index (κ1) is 21.2. The molecule has 156 valence electrons. The maximum atomic E-state index is 13.9. The van der Waals surface area contributed by atoms with Crippen LogP contribution >= 0.6 is 0 Å². The second kappa shape index (κ2) is 9.35. The highest BCUT2D eigenvalue weighted by Gasteiger charge is 2.27. The van der Waals surface area contributed by atoms with Gasteiger partial charge in [0.1, 0.15) is 17.7 Å². The van der Waals surface area contributed by atoms with E-state index in [0.717, 1.165) is 11.3 Å². The number of rotatable bonds is 7. The molecule has 0 aliphatic rings. The summed E-state index contributed by atoms with van der Waals surface area (Å²) in [4.78, 5) is 32.9. The minimum Gasteiger partial charge on any atom is -0.345 e. The lowest BCUT2D eigenvalue weighted by Crippen LogP contribution is -2.50. The Morgan fingerprint density at radius 3 is 2.30 bits per heavy atom. The van der Waals surface area contributed by atoms with Crippen molar-refractivity contribution >= 4 is 11.8 Å². The van der Waals surface area contributed by atoms with Crippen LogP contribution in [0, 0.1) is 11.7 Å². The van der Waals surface area contributed by atoms with Crippen molar-refractivity contribution in [3.05, 3.63) is 78.0 Å². The van der Waals surface area contributed by atoms with Crippen LogP contribution in [0.15, 0.2) is 60.8 Å². The van der Waals surface area contributed by atoms with Gasteiger partial charge in [0.15, 0.2) is 0 Å². The van der Waals surface area contributed by atoms with E-state index in [2.05, 4.69) is 20.6 Å². The molecule has 0 aliphatic heterocycles. The number of halogens is 1. The van der Waals surface area contributed by atoms with Gasteiger partial charge in [-0.25, -0.2) is 9.37 Å². The number of carbonyl (C=O) groups is 2. The summed E-state index contributed by atoms with van der Waals surface area (Å²) in [5, 5.41) is 5.51. The predicted molar refractivity (Wildman–Crippen MR) is 113 cm³/mol. The van der Waals surface area contributed by atoms with Gasteiger partial charge in [0.05, 0.1) is 23.5 Å². The molecule has 0 saturated heterocycles. The zero-order valence-corrected chi connectivity index (χ0v) is 17.1. The molecule has 6 nitrogen and oxygen atoms in total. The molecule has 7 heteroatoms. The van der Waals surface area contributed by atoms with Crippen molar-refractivity contribution in [2.75, 3.05) is 0 Å². The number of hydrogen-bond acceptors (Lipinski definition) is 3. The third kappa shape index (κ3) is 4.92. The largest absolute Gasteiger partial charge is 0.345 e. The molecule has 0 spiro atoms. The number of nitrogens with one attached hydrogen (secondary N) is 3. The highest BCUT2D eigenvalue weighted by Crippen LogP contribution is 2.19. The Bertz CT molecular complexity index is 1020. The van der Waals surface area contributed by atoms with Gasteiger partial charge in [-0.15, -0.1) is 0 Å². The summed E-state index contributed by atoms with van der Waals surface area (Å²) in [7, 11) is 0. The number of benzene rings is 2. The van der Waals surface area contributed by atoms with Gasteiger partial charge in [-0.1, -0.05) is 56.3 Å². The molecule has 0 aliphatic carbocycles. The second-order valence-electron chi connectivity index (χ2n) is 7.45. The molecule has 2 aromatic carbocycles. The zero-order valence-electron chi connectivity index (χ0n) is 17.1. The lowest BCUT2D eigenvalue weighted by molar-refractivity contribution is -0.124. The summed E-state index contributed by atoms with van der Waals surface area (Å²) >= 11 is 0. The molecular weight excluding hydrogens is 383 g/mol. The standard InChI is InChI=1S/C23H25FN4O2/c1-14(2)20(28-22(29)17-11-7-8-12-18(17)24)23(30)26-15(3)21-25-13-19(27-21)16-9-5-4-6-10-16/h4-15,20H,1-3H3,(H,25,27)(H,26,30)(H,28,29). The number of amides is 2. The van der Waals surface area contributed by atoms with Crippen molar-refractivity contribution in [2.24, 2.45) is 5.92 Å². The summed E-state index contributed by atoms with van der Waals surface area (Å²) in [6.45, 7) is 5.44. The van der Waals surface area contributed by atoms with Crippen LogP contribution in [0.1, 0.15) is 43.0 Å². The lowest BCUT2D eigenvalue weighted by Gasteiger charge is -2.23.